The number of hydrogen-bond acceptors (Lipinski definition) is 3. The van der Waals surface area contributed by atoms with E-state index in [0.29, 0.717) is 11.4 Å². The normalized spacial score (nSPS) is 13.3. The van der Waals surface area contributed by atoms with E-state index in [1.165, 1.54) is 41.3 Å². The molecule has 1 aliphatic rings. The molecule has 5 nitrogen and oxygen atoms in total. The van der Waals surface area contributed by atoms with Gasteiger partial charge in [-0.2, -0.15) is 0 Å². The standard InChI is InChI=1S/C16H13F2N3O2/c17-10-5-6-14-13(7-10)19-8-16(23)21(14)9-15(22)20-12-4-2-1-3-11(12)18/h1-7,19H,8-9H2,(H,20,22). The van der Waals surface area contributed by atoms with Gasteiger partial charge >= 0.3 is 0 Å². The van der Waals surface area contributed by atoms with Crippen molar-refractivity contribution < 1.29 is 18.4 Å². The number of benzene rings is 2. The van der Waals surface area contributed by atoms with Gasteiger partial charge in [-0.05, 0) is 30.3 Å². The van der Waals surface area contributed by atoms with Crippen LogP contribution in [-0.2, 0) is 9.59 Å². The third-order valence-corrected chi connectivity index (χ3v) is 3.43. The van der Waals surface area contributed by atoms with Crippen molar-refractivity contribution in [3.8, 4) is 0 Å². The van der Waals surface area contributed by atoms with E-state index in [1.807, 2.05) is 0 Å². The van der Waals surface area contributed by atoms with E-state index in [2.05, 4.69) is 10.6 Å². The lowest BCUT2D eigenvalue weighted by Gasteiger charge is -2.29. The maximum absolute atomic E-state index is 13.5. The SMILES string of the molecule is O=C(CN1C(=O)CNc2cc(F)ccc21)Nc1ccccc1F. The number of nitrogens with one attached hydrogen (secondary N) is 2. The second kappa shape index (κ2) is 6.04. The summed E-state index contributed by atoms with van der Waals surface area (Å²) in [5.74, 6) is -1.87. The van der Waals surface area contributed by atoms with Crippen molar-refractivity contribution in [2.75, 3.05) is 28.6 Å². The molecule has 2 aromatic rings. The molecule has 0 aromatic heterocycles. The molecule has 0 bridgehead atoms. The fraction of sp³-hybridized carbons (Fsp3) is 0.125. The van der Waals surface area contributed by atoms with Gasteiger partial charge in [0.25, 0.3) is 0 Å². The Balaban J connectivity index is 1.78. The molecule has 0 fully saturated rings. The van der Waals surface area contributed by atoms with Crippen LogP contribution in [0.15, 0.2) is 42.5 Å². The van der Waals surface area contributed by atoms with Crippen LogP contribution in [0.1, 0.15) is 0 Å². The Morgan fingerprint density at radius 3 is 2.78 bits per heavy atom. The van der Waals surface area contributed by atoms with Crippen molar-refractivity contribution in [1.29, 1.82) is 0 Å². The lowest BCUT2D eigenvalue weighted by atomic mass is 10.2. The first-order valence-electron chi connectivity index (χ1n) is 6.93. The van der Waals surface area contributed by atoms with Gasteiger partial charge < -0.3 is 10.6 Å². The molecule has 0 atom stereocenters. The lowest BCUT2D eigenvalue weighted by molar-refractivity contribution is -0.120. The Morgan fingerprint density at radius 1 is 1.22 bits per heavy atom. The first-order chi connectivity index (χ1) is 11.0. The third-order valence-electron chi connectivity index (χ3n) is 3.43. The summed E-state index contributed by atoms with van der Waals surface area (Å²) in [4.78, 5) is 25.3. The van der Waals surface area contributed by atoms with Crippen LogP contribution >= 0.6 is 0 Å². The molecule has 0 unspecified atom stereocenters. The molecule has 118 valence electrons. The molecular formula is C16H13F2N3O2. The highest BCUT2D eigenvalue weighted by Crippen LogP contribution is 2.30. The second-order valence-corrected chi connectivity index (χ2v) is 5.02. The van der Waals surface area contributed by atoms with Crippen LogP contribution in [0.5, 0.6) is 0 Å². The molecule has 0 saturated heterocycles. The Bertz CT molecular complexity index is 780. The van der Waals surface area contributed by atoms with Gasteiger partial charge in [0, 0.05) is 0 Å². The smallest absolute Gasteiger partial charge is 0.246 e. The average molecular weight is 317 g/mol. The number of halogens is 2. The Hall–Kier alpha value is -2.96. The second-order valence-electron chi connectivity index (χ2n) is 5.02. The summed E-state index contributed by atoms with van der Waals surface area (Å²) in [6.45, 7) is -0.323. The van der Waals surface area contributed by atoms with E-state index in [1.54, 1.807) is 6.07 Å². The molecule has 2 aromatic carbocycles. The van der Waals surface area contributed by atoms with Gasteiger partial charge in [0.1, 0.15) is 18.2 Å². The number of nitrogens with zero attached hydrogens (tertiary/aromatic N) is 1. The van der Waals surface area contributed by atoms with E-state index >= 15 is 0 Å². The van der Waals surface area contributed by atoms with E-state index in [0.717, 1.165) is 0 Å². The maximum atomic E-state index is 13.5. The first kappa shape index (κ1) is 15.0. The van der Waals surface area contributed by atoms with Crippen molar-refractivity contribution in [3.05, 3.63) is 54.1 Å². The molecule has 2 N–H and O–H groups in total. The van der Waals surface area contributed by atoms with Crippen molar-refractivity contribution in [1.82, 2.24) is 0 Å². The zero-order chi connectivity index (χ0) is 16.4. The minimum atomic E-state index is -0.560. The molecule has 0 saturated carbocycles. The minimum absolute atomic E-state index is 0.0383. The van der Waals surface area contributed by atoms with Crippen molar-refractivity contribution in [2.45, 2.75) is 0 Å². The van der Waals surface area contributed by atoms with Gasteiger partial charge in [0.2, 0.25) is 11.8 Å². The lowest BCUT2D eigenvalue weighted by Crippen LogP contribution is -2.44. The minimum Gasteiger partial charge on any atom is -0.374 e. The largest absolute Gasteiger partial charge is 0.374 e. The van der Waals surface area contributed by atoms with Crippen LogP contribution < -0.4 is 15.5 Å². The fourth-order valence-corrected chi connectivity index (χ4v) is 2.36. The van der Waals surface area contributed by atoms with Gasteiger partial charge in [-0.25, -0.2) is 8.78 Å². The van der Waals surface area contributed by atoms with E-state index in [-0.39, 0.29) is 24.7 Å². The highest BCUT2D eigenvalue weighted by Gasteiger charge is 2.26. The number of fused-ring (bicyclic) bond motifs is 1. The maximum Gasteiger partial charge on any atom is 0.246 e. The van der Waals surface area contributed by atoms with E-state index in [9.17, 15) is 18.4 Å². The topological polar surface area (TPSA) is 61.4 Å². The zero-order valence-corrected chi connectivity index (χ0v) is 12.0. The number of carbonyl (C=O) groups excluding carboxylic acids is 2. The van der Waals surface area contributed by atoms with Crippen LogP contribution in [0.25, 0.3) is 0 Å². The Kier molecular flexibility index (Phi) is 3.92. The zero-order valence-electron chi connectivity index (χ0n) is 12.0. The highest BCUT2D eigenvalue weighted by molar-refractivity contribution is 6.07. The van der Waals surface area contributed by atoms with Crippen LogP contribution in [0.3, 0.4) is 0 Å². The van der Waals surface area contributed by atoms with Gasteiger partial charge in [-0.1, -0.05) is 12.1 Å². The summed E-state index contributed by atoms with van der Waals surface area (Å²) in [7, 11) is 0. The summed E-state index contributed by atoms with van der Waals surface area (Å²) in [6.07, 6.45) is 0. The quantitative estimate of drug-likeness (QED) is 0.913. The van der Waals surface area contributed by atoms with Crippen molar-refractivity contribution in [2.24, 2.45) is 0 Å². The molecule has 0 spiro atoms. The molecule has 23 heavy (non-hydrogen) atoms. The molecule has 3 rings (SSSR count). The van der Waals surface area contributed by atoms with E-state index < -0.39 is 17.5 Å². The predicted octanol–water partition coefficient (Wildman–Crippen LogP) is 2.36. The van der Waals surface area contributed by atoms with E-state index in [4.69, 9.17) is 0 Å². The van der Waals surface area contributed by atoms with Gasteiger partial charge in [0.05, 0.1) is 23.6 Å². The Morgan fingerprint density at radius 2 is 2.00 bits per heavy atom. The third kappa shape index (κ3) is 3.13. The summed E-state index contributed by atoms with van der Waals surface area (Å²) < 4.78 is 26.8. The van der Waals surface area contributed by atoms with Crippen LogP contribution in [-0.4, -0.2) is 24.9 Å². The fourth-order valence-electron chi connectivity index (χ4n) is 2.36. The molecule has 2 amide bonds. The van der Waals surface area contributed by atoms with Crippen LogP contribution in [0, 0.1) is 11.6 Å². The number of anilines is 3. The molecule has 7 heteroatoms. The average Bonchev–Trinajstić information content (AvgIpc) is 2.52. The molecule has 0 radical (unpaired) electrons. The van der Waals surface area contributed by atoms with Crippen LogP contribution in [0.4, 0.5) is 25.8 Å². The first-order valence-corrected chi connectivity index (χ1v) is 6.93. The van der Waals surface area contributed by atoms with Crippen LogP contribution in [0.2, 0.25) is 0 Å². The van der Waals surface area contributed by atoms with Crippen molar-refractivity contribution >= 4 is 28.9 Å². The molecule has 0 aliphatic carbocycles. The van der Waals surface area contributed by atoms with Gasteiger partial charge in [-0.15, -0.1) is 0 Å². The summed E-state index contributed by atoms with van der Waals surface area (Å²) in [5.41, 5.74) is 0.883. The molecule has 1 aliphatic heterocycles. The monoisotopic (exact) mass is 317 g/mol. The number of rotatable bonds is 3. The van der Waals surface area contributed by atoms with Crippen molar-refractivity contribution in [3.63, 3.8) is 0 Å². The summed E-state index contributed by atoms with van der Waals surface area (Å²) in [6, 6.07) is 9.64. The number of para-hydroxylation sites is 1. The van der Waals surface area contributed by atoms with Gasteiger partial charge in [-0.3, -0.25) is 14.5 Å². The highest BCUT2D eigenvalue weighted by atomic mass is 19.1. The number of amides is 2. The summed E-state index contributed by atoms with van der Waals surface area (Å²) >= 11 is 0. The predicted molar refractivity (Wildman–Crippen MR) is 82.3 cm³/mol. The molecular weight excluding hydrogens is 304 g/mol. The molecule has 1 heterocycles. The number of hydrogen-bond donors (Lipinski definition) is 2. The van der Waals surface area contributed by atoms with Gasteiger partial charge in [0.15, 0.2) is 0 Å². The number of carbonyl (C=O) groups is 2. The Labute approximate surface area is 130 Å². The summed E-state index contributed by atoms with van der Waals surface area (Å²) in [5, 5.41) is 5.21.